The second-order valence-electron chi connectivity index (χ2n) is 8.31. The number of amides is 1. The zero-order valence-electron chi connectivity index (χ0n) is 18.9. The summed E-state index contributed by atoms with van der Waals surface area (Å²) in [7, 11) is 1.67. The van der Waals surface area contributed by atoms with Crippen molar-refractivity contribution in [2.75, 3.05) is 18.2 Å². The molecule has 3 N–H and O–H groups in total. The molecular formula is C24H26N6O3S. The normalized spacial score (nSPS) is 22.5. The molecule has 0 saturated carbocycles. The van der Waals surface area contributed by atoms with Crippen molar-refractivity contribution >= 4 is 34.3 Å². The lowest BCUT2D eigenvalue weighted by molar-refractivity contribution is -0.113. The molecule has 3 heterocycles. The Morgan fingerprint density at radius 3 is 2.62 bits per heavy atom. The summed E-state index contributed by atoms with van der Waals surface area (Å²) in [5.74, 6) is 0.940. The van der Waals surface area contributed by atoms with Gasteiger partial charge in [0.15, 0.2) is 11.0 Å². The zero-order valence-corrected chi connectivity index (χ0v) is 19.7. The molecule has 3 aliphatic rings. The predicted octanol–water partition coefficient (Wildman–Crippen LogP) is 2.88. The average Bonchev–Trinajstić information content (AvgIpc) is 3.47. The van der Waals surface area contributed by atoms with Crippen molar-refractivity contribution in [2.24, 2.45) is 5.10 Å². The monoisotopic (exact) mass is 478 g/mol. The molecule has 2 aromatic carbocycles. The number of hydrogen-bond acceptors (Lipinski definition) is 9. The van der Waals surface area contributed by atoms with Gasteiger partial charge in [-0.3, -0.25) is 15.0 Å². The maximum absolute atomic E-state index is 12.4. The van der Waals surface area contributed by atoms with Gasteiger partial charge < -0.3 is 20.0 Å². The van der Waals surface area contributed by atoms with Crippen LogP contribution < -0.4 is 20.9 Å². The number of nitrogens with zero attached hydrogens (tertiary/aromatic N) is 3. The van der Waals surface area contributed by atoms with Gasteiger partial charge in [-0.05, 0) is 55.3 Å². The van der Waals surface area contributed by atoms with Gasteiger partial charge in [0.2, 0.25) is 5.91 Å². The summed E-state index contributed by atoms with van der Waals surface area (Å²) >= 11 is 1.38. The molecular weight excluding hydrogens is 452 g/mol. The molecule has 0 spiro atoms. The Kier molecular flexibility index (Phi) is 6.16. The SMILES string of the molecule is COc1ccc(C2CC3C4NN=C(SCC(=O)Nc5ccc(C(C)=O)cc5)N4C=CN3N2)cc1. The highest BCUT2D eigenvalue weighted by molar-refractivity contribution is 8.14. The van der Waals surface area contributed by atoms with Crippen LogP contribution >= 0.6 is 11.8 Å². The van der Waals surface area contributed by atoms with Gasteiger partial charge in [0.25, 0.3) is 0 Å². The van der Waals surface area contributed by atoms with Crippen molar-refractivity contribution in [3.63, 3.8) is 0 Å². The van der Waals surface area contributed by atoms with Gasteiger partial charge in [-0.15, -0.1) is 0 Å². The molecule has 3 aliphatic heterocycles. The van der Waals surface area contributed by atoms with Crippen LogP contribution in [0, 0.1) is 0 Å². The molecule has 34 heavy (non-hydrogen) atoms. The van der Waals surface area contributed by atoms with Crippen molar-refractivity contribution < 1.29 is 14.3 Å². The van der Waals surface area contributed by atoms with Crippen molar-refractivity contribution in [1.29, 1.82) is 0 Å². The number of hydrazone groups is 1. The maximum atomic E-state index is 12.4. The molecule has 3 atom stereocenters. The Labute approximate surface area is 202 Å². The quantitative estimate of drug-likeness (QED) is 0.546. The summed E-state index contributed by atoms with van der Waals surface area (Å²) in [5, 5.41) is 10.2. The summed E-state index contributed by atoms with van der Waals surface area (Å²) in [4.78, 5) is 25.9. The molecule has 1 amide bonds. The highest BCUT2D eigenvalue weighted by Crippen LogP contribution is 2.35. The highest BCUT2D eigenvalue weighted by Gasteiger charge is 2.44. The number of benzene rings is 2. The van der Waals surface area contributed by atoms with E-state index in [0.717, 1.165) is 17.3 Å². The second kappa shape index (κ2) is 9.40. The number of ketones is 1. The molecule has 10 heteroatoms. The molecule has 0 bridgehead atoms. The summed E-state index contributed by atoms with van der Waals surface area (Å²) in [5.41, 5.74) is 9.28. The minimum absolute atomic E-state index is 0.00401. The number of fused-ring (bicyclic) bond motifs is 3. The van der Waals surface area contributed by atoms with E-state index in [0.29, 0.717) is 11.3 Å². The van der Waals surface area contributed by atoms with Gasteiger partial charge in [0.1, 0.15) is 11.9 Å². The van der Waals surface area contributed by atoms with Gasteiger partial charge >= 0.3 is 0 Å². The van der Waals surface area contributed by atoms with Gasteiger partial charge in [0, 0.05) is 23.7 Å². The van der Waals surface area contributed by atoms with Gasteiger partial charge in [0.05, 0.1) is 24.9 Å². The first-order valence-electron chi connectivity index (χ1n) is 11.0. The zero-order chi connectivity index (χ0) is 23.7. The molecule has 0 aromatic heterocycles. The van der Waals surface area contributed by atoms with E-state index >= 15 is 0 Å². The van der Waals surface area contributed by atoms with Crippen LogP contribution in [0.4, 0.5) is 5.69 Å². The number of nitrogens with one attached hydrogen (secondary N) is 3. The highest BCUT2D eigenvalue weighted by atomic mass is 32.2. The Hall–Kier alpha value is -3.50. The fraction of sp³-hybridized carbons (Fsp3) is 0.292. The summed E-state index contributed by atoms with van der Waals surface area (Å²) in [6.45, 7) is 1.52. The van der Waals surface area contributed by atoms with Crippen LogP contribution in [-0.2, 0) is 4.79 Å². The Morgan fingerprint density at radius 2 is 1.91 bits per heavy atom. The van der Waals surface area contributed by atoms with Crippen molar-refractivity contribution in [3.8, 4) is 5.75 Å². The first-order chi connectivity index (χ1) is 16.5. The Morgan fingerprint density at radius 1 is 1.15 bits per heavy atom. The first-order valence-corrected chi connectivity index (χ1v) is 12.0. The molecule has 1 saturated heterocycles. The number of Topliss-reactive ketones (excluding diaryl/α,β-unsaturated/α-hetero) is 1. The van der Waals surface area contributed by atoms with Crippen LogP contribution in [0.25, 0.3) is 0 Å². The van der Waals surface area contributed by atoms with Gasteiger partial charge in [-0.2, -0.15) is 5.10 Å². The lowest BCUT2D eigenvalue weighted by Gasteiger charge is -2.36. The number of anilines is 1. The largest absolute Gasteiger partial charge is 0.497 e. The lowest BCUT2D eigenvalue weighted by Crippen LogP contribution is -2.54. The Bertz CT molecular complexity index is 1130. The van der Waals surface area contributed by atoms with Crippen LogP contribution in [0.5, 0.6) is 5.75 Å². The number of rotatable bonds is 6. The molecule has 2 aromatic rings. The minimum Gasteiger partial charge on any atom is -0.497 e. The van der Waals surface area contributed by atoms with Gasteiger partial charge in [-0.25, -0.2) is 5.43 Å². The fourth-order valence-electron chi connectivity index (χ4n) is 4.32. The molecule has 0 aliphatic carbocycles. The lowest BCUT2D eigenvalue weighted by atomic mass is 10.00. The smallest absolute Gasteiger partial charge is 0.234 e. The van der Waals surface area contributed by atoms with Crippen LogP contribution in [0.15, 0.2) is 66.0 Å². The van der Waals surface area contributed by atoms with Crippen molar-refractivity contribution in [3.05, 3.63) is 72.1 Å². The Balaban J connectivity index is 1.15. The summed E-state index contributed by atoms with van der Waals surface area (Å²) in [6.07, 6.45) is 4.90. The van der Waals surface area contributed by atoms with Crippen molar-refractivity contribution in [2.45, 2.75) is 31.6 Å². The van der Waals surface area contributed by atoms with E-state index in [2.05, 4.69) is 43.3 Å². The van der Waals surface area contributed by atoms with E-state index in [4.69, 9.17) is 4.74 Å². The topological polar surface area (TPSA) is 98.3 Å². The number of amidine groups is 1. The third kappa shape index (κ3) is 4.46. The summed E-state index contributed by atoms with van der Waals surface area (Å²) < 4.78 is 5.26. The number of carbonyl (C=O) groups excluding carboxylic acids is 2. The van der Waals surface area contributed by atoms with E-state index in [9.17, 15) is 9.59 Å². The van der Waals surface area contributed by atoms with E-state index in [1.165, 1.54) is 24.2 Å². The number of ether oxygens (including phenoxy) is 1. The minimum atomic E-state index is -0.128. The second-order valence-corrected chi connectivity index (χ2v) is 9.25. The maximum Gasteiger partial charge on any atom is 0.234 e. The molecule has 176 valence electrons. The molecule has 9 nitrogen and oxygen atoms in total. The van der Waals surface area contributed by atoms with Crippen LogP contribution in [0.1, 0.15) is 35.3 Å². The predicted molar refractivity (Wildman–Crippen MR) is 132 cm³/mol. The third-order valence-corrected chi connectivity index (χ3v) is 7.10. The molecule has 3 unspecified atom stereocenters. The number of hydrogen-bond donors (Lipinski definition) is 3. The van der Waals surface area contributed by atoms with E-state index in [1.54, 1.807) is 31.4 Å². The number of carbonyl (C=O) groups is 2. The van der Waals surface area contributed by atoms with Crippen molar-refractivity contribution in [1.82, 2.24) is 20.8 Å². The molecule has 5 rings (SSSR count). The average molecular weight is 479 g/mol. The van der Waals surface area contributed by atoms with E-state index in [-0.39, 0.29) is 35.7 Å². The van der Waals surface area contributed by atoms with Gasteiger partial charge in [-0.1, -0.05) is 23.9 Å². The molecule has 0 radical (unpaired) electrons. The van der Waals surface area contributed by atoms with Crippen LogP contribution in [-0.4, -0.2) is 51.8 Å². The summed E-state index contributed by atoms with van der Waals surface area (Å²) in [6, 6.07) is 15.4. The van der Waals surface area contributed by atoms with Crippen LogP contribution in [0.2, 0.25) is 0 Å². The first kappa shape index (κ1) is 22.3. The van der Waals surface area contributed by atoms with Crippen LogP contribution in [0.3, 0.4) is 0 Å². The standard InChI is InChI=1S/C24H26N6O3S/c1-15(31)16-3-7-18(8-4-16)25-22(32)14-34-24-27-26-23-21-13-20(28-30(21)12-11-29(23)24)17-5-9-19(33-2)10-6-17/h3-12,20-21,23,26,28H,13-14H2,1-2H3,(H,25,32). The third-order valence-electron chi connectivity index (χ3n) is 6.13. The molecule has 1 fully saturated rings. The fourth-order valence-corrected chi connectivity index (χ4v) is 5.09. The number of methoxy groups -OCH3 is 1. The number of thioether (sulfide) groups is 1. The van der Waals surface area contributed by atoms with E-state index in [1.807, 2.05) is 24.5 Å². The van der Waals surface area contributed by atoms with E-state index < -0.39 is 0 Å². The number of hydrazine groups is 1.